The fraction of sp³-hybridized carbons (Fsp3) is 0.375. The first kappa shape index (κ1) is 16.4. The number of nitrogens with zero attached hydrogens (tertiary/aromatic N) is 5. The second-order valence-electron chi connectivity index (χ2n) is 5.75. The summed E-state index contributed by atoms with van der Waals surface area (Å²) in [6.07, 6.45) is 3.43. The van der Waals surface area contributed by atoms with E-state index < -0.39 is 12.1 Å². The Morgan fingerprint density at radius 2 is 2.17 bits per heavy atom. The first-order valence-corrected chi connectivity index (χ1v) is 8.05. The van der Waals surface area contributed by atoms with Gasteiger partial charge in [0.05, 0.1) is 10.7 Å². The Morgan fingerprint density at radius 1 is 1.42 bits per heavy atom. The molecule has 7 nitrogen and oxygen atoms in total. The average Bonchev–Trinajstić information content (AvgIpc) is 3.23. The Balaban J connectivity index is 1.75. The molecule has 0 radical (unpaired) electrons. The topological polar surface area (TPSA) is 71.3 Å². The molecule has 1 aliphatic heterocycles. The van der Waals surface area contributed by atoms with Crippen LogP contribution in [-0.4, -0.2) is 51.1 Å². The van der Waals surface area contributed by atoms with Crippen LogP contribution in [0.15, 0.2) is 36.9 Å². The van der Waals surface area contributed by atoms with Gasteiger partial charge in [-0.25, -0.2) is 9.67 Å². The number of carbonyl (C=O) groups excluding carboxylic acids is 2. The van der Waals surface area contributed by atoms with E-state index >= 15 is 0 Å². The standard InChI is InChI=1S/C16H18ClN5O2/c1-11(22-10-18-9-19-22)15(23)20(2)14-7-8-21(16(14)24)13-6-4-3-5-12(13)17/h3-6,9-11,14H,7-8H2,1-2H3/t11-,14+/m1/s1. The molecule has 0 N–H and O–H groups in total. The summed E-state index contributed by atoms with van der Waals surface area (Å²) >= 11 is 6.18. The number of halogens is 1. The lowest BCUT2D eigenvalue weighted by molar-refractivity contribution is -0.139. The maximum Gasteiger partial charge on any atom is 0.249 e. The van der Waals surface area contributed by atoms with Gasteiger partial charge >= 0.3 is 0 Å². The van der Waals surface area contributed by atoms with Crippen molar-refractivity contribution in [3.05, 3.63) is 41.9 Å². The molecule has 1 saturated heterocycles. The molecule has 2 aromatic rings. The fourth-order valence-corrected chi connectivity index (χ4v) is 3.15. The largest absolute Gasteiger partial charge is 0.332 e. The van der Waals surface area contributed by atoms with Crippen LogP contribution in [0.1, 0.15) is 19.4 Å². The van der Waals surface area contributed by atoms with Crippen molar-refractivity contribution in [3.63, 3.8) is 0 Å². The molecule has 0 bridgehead atoms. The van der Waals surface area contributed by atoms with Crippen molar-refractivity contribution >= 4 is 29.1 Å². The third-order valence-corrected chi connectivity index (χ3v) is 4.65. The van der Waals surface area contributed by atoms with E-state index in [2.05, 4.69) is 10.1 Å². The minimum absolute atomic E-state index is 0.121. The lowest BCUT2D eigenvalue weighted by Gasteiger charge is -2.26. The van der Waals surface area contributed by atoms with Gasteiger partial charge in [0.25, 0.3) is 0 Å². The smallest absolute Gasteiger partial charge is 0.249 e. The van der Waals surface area contributed by atoms with Gasteiger partial charge in [-0.2, -0.15) is 5.10 Å². The summed E-state index contributed by atoms with van der Waals surface area (Å²) in [7, 11) is 1.65. The quantitative estimate of drug-likeness (QED) is 0.844. The van der Waals surface area contributed by atoms with E-state index in [1.165, 1.54) is 22.2 Å². The van der Waals surface area contributed by atoms with Gasteiger partial charge in [-0.1, -0.05) is 23.7 Å². The van der Waals surface area contributed by atoms with E-state index in [1.807, 2.05) is 18.2 Å². The van der Waals surface area contributed by atoms with Crippen LogP contribution in [0.5, 0.6) is 0 Å². The van der Waals surface area contributed by atoms with Crippen LogP contribution in [0.3, 0.4) is 0 Å². The lowest BCUT2D eigenvalue weighted by atomic mass is 10.2. The van der Waals surface area contributed by atoms with Crippen molar-refractivity contribution in [3.8, 4) is 0 Å². The summed E-state index contributed by atoms with van der Waals surface area (Å²) < 4.78 is 1.48. The summed E-state index contributed by atoms with van der Waals surface area (Å²) in [5, 5.41) is 4.51. The predicted octanol–water partition coefficient (Wildman–Crippen LogP) is 1.76. The maximum absolute atomic E-state index is 12.8. The van der Waals surface area contributed by atoms with Crippen molar-refractivity contribution in [2.45, 2.75) is 25.4 Å². The number of aromatic nitrogens is 3. The molecule has 0 saturated carbocycles. The minimum atomic E-state index is -0.514. The predicted molar refractivity (Wildman–Crippen MR) is 89.7 cm³/mol. The Kier molecular flexibility index (Phi) is 4.53. The molecule has 2 heterocycles. The second-order valence-corrected chi connectivity index (χ2v) is 6.15. The first-order valence-electron chi connectivity index (χ1n) is 7.67. The van der Waals surface area contributed by atoms with Crippen molar-refractivity contribution in [2.24, 2.45) is 0 Å². The van der Waals surface area contributed by atoms with E-state index in [4.69, 9.17) is 11.6 Å². The number of para-hydroxylation sites is 1. The van der Waals surface area contributed by atoms with Gasteiger partial charge in [-0.3, -0.25) is 9.59 Å². The highest BCUT2D eigenvalue weighted by molar-refractivity contribution is 6.34. The number of rotatable bonds is 4. The van der Waals surface area contributed by atoms with Crippen LogP contribution in [0.4, 0.5) is 5.69 Å². The van der Waals surface area contributed by atoms with Crippen LogP contribution in [0, 0.1) is 0 Å². The molecule has 2 amide bonds. The van der Waals surface area contributed by atoms with Crippen molar-refractivity contribution in [1.29, 1.82) is 0 Å². The minimum Gasteiger partial charge on any atom is -0.332 e. The zero-order valence-electron chi connectivity index (χ0n) is 13.5. The monoisotopic (exact) mass is 347 g/mol. The zero-order valence-corrected chi connectivity index (χ0v) is 14.2. The van der Waals surface area contributed by atoms with Crippen LogP contribution >= 0.6 is 11.6 Å². The van der Waals surface area contributed by atoms with Crippen LogP contribution in [0.25, 0.3) is 0 Å². The summed E-state index contributed by atoms with van der Waals surface area (Å²) in [4.78, 5) is 32.4. The Labute approximate surface area is 144 Å². The van der Waals surface area contributed by atoms with Gasteiger partial charge in [0.15, 0.2) is 0 Å². The average molecular weight is 348 g/mol. The molecule has 1 fully saturated rings. The molecule has 0 spiro atoms. The third kappa shape index (κ3) is 2.87. The molecule has 24 heavy (non-hydrogen) atoms. The highest BCUT2D eigenvalue weighted by atomic mass is 35.5. The number of amides is 2. The Hall–Kier alpha value is -2.41. The normalized spacial score (nSPS) is 18.7. The number of anilines is 1. The lowest BCUT2D eigenvalue weighted by Crippen LogP contribution is -2.45. The molecular weight excluding hydrogens is 330 g/mol. The third-order valence-electron chi connectivity index (χ3n) is 4.33. The highest BCUT2D eigenvalue weighted by Gasteiger charge is 2.39. The highest BCUT2D eigenvalue weighted by Crippen LogP contribution is 2.30. The second kappa shape index (κ2) is 6.60. The summed E-state index contributed by atoms with van der Waals surface area (Å²) in [6.45, 7) is 2.27. The molecule has 0 unspecified atom stereocenters. The van der Waals surface area contributed by atoms with Crippen LogP contribution < -0.4 is 4.90 Å². The molecule has 1 aromatic carbocycles. The van der Waals surface area contributed by atoms with E-state index in [0.717, 1.165) is 0 Å². The van der Waals surface area contributed by atoms with Crippen molar-refractivity contribution in [2.75, 3.05) is 18.5 Å². The van der Waals surface area contributed by atoms with Gasteiger partial charge in [0, 0.05) is 13.6 Å². The van der Waals surface area contributed by atoms with Gasteiger partial charge in [0.2, 0.25) is 11.8 Å². The van der Waals surface area contributed by atoms with E-state index in [1.54, 1.807) is 24.9 Å². The molecule has 1 aliphatic rings. The van der Waals surface area contributed by atoms with Crippen LogP contribution in [-0.2, 0) is 9.59 Å². The molecular formula is C16H18ClN5O2. The van der Waals surface area contributed by atoms with E-state index in [-0.39, 0.29) is 11.8 Å². The summed E-state index contributed by atoms with van der Waals surface area (Å²) in [6, 6.07) is 6.20. The Morgan fingerprint density at radius 3 is 2.83 bits per heavy atom. The summed E-state index contributed by atoms with van der Waals surface area (Å²) in [5.74, 6) is -0.301. The molecule has 1 aromatic heterocycles. The van der Waals surface area contributed by atoms with Crippen molar-refractivity contribution in [1.82, 2.24) is 19.7 Å². The SMILES string of the molecule is C[C@H](C(=O)N(C)[C@H]1CCN(c2ccccc2Cl)C1=O)n1cncn1. The fourth-order valence-electron chi connectivity index (χ4n) is 2.91. The van der Waals surface area contributed by atoms with Gasteiger partial charge < -0.3 is 9.80 Å². The molecule has 0 aliphatic carbocycles. The van der Waals surface area contributed by atoms with Gasteiger partial charge in [-0.15, -0.1) is 0 Å². The number of carbonyl (C=O) groups is 2. The van der Waals surface area contributed by atoms with Crippen LogP contribution in [0.2, 0.25) is 5.02 Å². The summed E-state index contributed by atoms with van der Waals surface area (Å²) in [5.41, 5.74) is 0.678. The molecule has 2 atom stereocenters. The number of hydrogen-bond donors (Lipinski definition) is 0. The Bertz CT molecular complexity index is 749. The molecule has 8 heteroatoms. The molecule has 3 rings (SSSR count). The van der Waals surface area contributed by atoms with E-state index in [9.17, 15) is 9.59 Å². The van der Waals surface area contributed by atoms with Crippen molar-refractivity contribution < 1.29 is 9.59 Å². The zero-order chi connectivity index (χ0) is 17.3. The maximum atomic E-state index is 12.8. The van der Waals surface area contributed by atoms with Gasteiger partial charge in [-0.05, 0) is 25.5 Å². The number of hydrogen-bond acceptors (Lipinski definition) is 4. The first-order chi connectivity index (χ1) is 11.5. The number of benzene rings is 1. The van der Waals surface area contributed by atoms with E-state index in [0.29, 0.717) is 23.7 Å². The van der Waals surface area contributed by atoms with Gasteiger partial charge in [0.1, 0.15) is 24.7 Å². The number of likely N-dealkylation sites (N-methyl/N-ethyl adjacent to an activating group) is 1. The molecule has 126 valence electrons.